The molecule has 3 aromatic heterocycles. The molecule has 19 heavy (non-hydrogen) atoms. The van der Waals surface area contributed by atoms with E-state index in [4.69, 9.17) is 4.42 Å². The minimum Gasteiger partial charge on any atom is -0.402 e. The zero-order chi connectivity index (χ0) is 13.2. The highest BCUT2D eigenvalue weighted by molar-refractivity contribution is 9.11. The van der Waals surface area contributed by atoms with Crippen LogP contribution in [0.5, 0.6) is 0 Å². The molecular weight excluding hydrogens is 350 g/mol. The normalized spacial score (nSPS) is 10.6. The molecule has 5 nitrogen and oxygen atoms in total. The Labute approximate surface area is 124 Å². The zero-order valence-corrected chi connectivity index (χ0v) is 12.5. The molecule has 0 aliphatic heterocycles. The fourth-order valence-corrected chi connectivity index (χ4v) is 3.30. The molecule has 0 aromatic carbocycles. The third-order valence-corrected chi connectivity index (χ3v) is 4.65. The molecule has 8 heteroatoms. The van der Waals surface area contributed by atoms with Crippen LogP contribution in [0.25, 0.3) is 10.8 Å². The number of carbonyl (C=O) groups excluding carboxylic acids is 1. The monoisotopic (exact) mass is 355 g/mol. The van der Waals surface area contributed by atoms with Crippen molar-refractivity contribution >= 4 is 50.5 Å². The standard InChI is InChI=1S/C11H6BrN3O2S2/c12-8-4-3-7(19-8)10-14-15-11(17-10)13-9(16)6-2-1-5-18-6/h1-5H,(H,13,15,16). The molecule has 0 saturated carbocycles. The first kappa shape index (κ1) is 12.5. The molecular formula is C11H6BrN3O2S2. The first-order valence-electron chi connectivity index (χ1n) is 5.16. The number of anilines is 1. The van der Waals surface area contributed by atoms with Gasteiger partial charge in [0.2, 0.25) is 0 Å². The van der Waals surface area contributed by atoms with Gasteiger partial charge < -0.3 is 4.42 Å². The smallest absolute Gasteiger partial charge is 0.322 e. The van der Waals surface area contributed by atoms with Gasteiger partial charge in [0, 0.05) is 0 Å². The number of hydrogen-bond acceptors (Lipinski definition) is 6. The number of rotatable bonds is 3. The van der Waals surface area contributed by atoms with Gasteiger partial charge in [-0.3, -0.25) is 10.1 Å². The van der Waals surface area contributed by atoms with Gasteiger partial charge >= 0.3 is 6.01 Å². The average Bonchev–Trinajstić information content (AvgIpc) is 3.07. The fourth-order valence-electron chi connectivity index (χ4n) is 1.37. The molecule has 0 bridgehead atoms. The molecule has 3 rings (SSSR count). The number of nitrogens with one attached hydrogen (secondary N) is 1. The minimum atomic E-state index is -0.252. The SMILES string of the molecule is O=C(Nc1nnc(-c2ccc(Br)s2)o1)c1cccs1. The predicted molar refractivity (Wildman–Crippen MR) is 77.6 cm³/mol. The summed E-state index contributed by atoms with van der Waals surface area (Å²) in [5, 5.41) is 12.1. The number of aromatic nitrogens is 2. The first-order chi connectivity index (χ1) is 9.22. The highest BCUT2D eigenvalue weighted by Gasteiger charge is 2.14. The highest BCUT2D eigenvalue weighted by atomic mass is 79.9. The van der Waals surface area contributed by atoms with E-state index in [2.05, 4.69) is 31.4 Å². The van der Waals surface area contributed by atoms with Gasteiger partial charge in [0.1, 0.15) is 0 Å². The van der Waals surface area contributed by atoms with Crippen molar-refractivity contribution in [3.05, 3.63) is 38.3 Å². The second kappa shape index (κ2) is 5.24. The summed E-state index contributed by atoms with van der Waals surface area (Å²) < 4.78 is 6.37. The Kier molecular flexibility index (Phi) is 3.45. The van der Waals surface area contributed by atoms with Gasteiger partial charge in [-0.15, -0.1) is 27.8 Å². The van der Waals surface area contributed by atoms with Gasteiger partial charge in [-0.2, -0.15) is 0 Å². The van der Waals surface area contributed by atoms with E-state index in [1.54, 1.807) is 6.07 Å². The van der Waals surface area contributed by atoms with E-state index >= 15 is 0 Å². The fraction of sp³-hybridized carbons (Fsp3) is 0. The van der Waals surface area contributed by atoms with Gasteiger partial charge in [-0.25, -0.2) is 0 Å². The second-order valence-electron chi connectivity index (χ2n) is 3.45. The topological polar surface area (TPSA) is 68.0 Å². The maximum absolute atomic E-state index is 11.8. The molecule has 0 unspecified atom stereocenters. The quantitative estimate of drug-likeness (QED) is 0.774. The average molecular weight is 356 g/mol. The van der Waals surface area contributed by atoms with Crippen molar-refractivity contribution in [1.82, 2.24) is 10.2 Å². The number of thiophene rings is 2. The summed E-state index contributed by atoms with van der Waals surface area (Å²) in [5.74, 6) is 0.134. The molecule has 96 valence electrons. The van der Waals surface area contributed by atoms with E-state index in [9.17, 15) is 4.79 Å². The predicted octanol–water partition coefficient (Wildman–Crippen LogP) is 3.87. The van der Waals surface area contributed by atoms with E-state index in [1.807, 2.05) is 23.6 Å². The third kappa shape index (κ3) is 2.75. The van der Waals surface area contributed by atoms with Gasteiger partial charge in [0.25, 0.3) is 11.8 Å². The van der Waals surface area contributed by atoms with Crippen LogP contribution in [0, 0.1) is 0 Å². The van der Waals surface area contributed by atoms with Crippen LogP contribution < -0.4 is 5.32 Å². The zero-order valence-electron chi connectivity index (χ0n) is 9.29. The first-order valence-corrected chi connectivity index (χ1v) is 7.65. The van der Waals surface area contributed by atoms with Gasteiger partial charge in [-0.1, -0.05) is 11.2 Å². The molecule has 1 N–H and O–H groups in total. The molecule has 0 atom stereocenters. The summed E-state index contributed by atoms with van der Waals surface area (Å²) in [7, 11) is 0. The van der Waals surface area contributed by atoms with Crippen molar-refractivity contribution in [3.8, 4) is 10.8 Å². The lowest BCUT2D eigenvalue weighted by molar-refractivity contribution is 0.102. The lowest BCUT2D eigenvalue weighted by Crippen LogP contribution is -2.10. The summed E-state index contributed by atoms with van der Waals surface area (Å²) in [6.07, 6.45) is 0. The Morgan fingerprint density at radius 2 is 2.21 bits per heavy atom. The number of amides is 1. The van der Waals surface area contributed by atoms with Crippen LogP contribution in [0.3, 0.4) is 0 Å². The van der Waals surface area contributed by atoms with Crippen molar-refractivity contribution in [2.45, 2.75) is 0 Å². The Balaban J connectivity index is 1.77. The molecule has 3 heterocycles. The van der Waals surface area contributed by atoms with Crippen LogP contribution in [-0.4, -0.2) is 16.1 Å². The maximum Gasteiger partial charge on any atom is 0.322 e. The highest BCUT2D eigenvalue weighted by Crippen LogP contribution is 2.31. The summed E-state index contributed by atoms with van der Waals surface area (Å²) in [5.41, 5.74) is 0. The van der Waals surface area contributed by atoms with Crippen LogP contribution in [-0.2, 0) is 0 Å². The van der Waals surface area contributed by atoms with Crippen LogP contribution in [0.4, 0.5) is 6.01 Å². The summed E-state index contributed by atoms with van der Waals surface area (Å²) in [6, 6.07) is 7.40. The Bertz CT molecular complexity index is 705. The molecule has 1 amide bonds. The Hall–Kier alpha value is -1.51. The van der Waals surface area contributed by atoms with Crippen LogP contribution in [0.1, 0.15) is 9.67 Å². The van der Waals surface area contributed by atoms with Crippen molar-refractivity contribution in [2.75, 3.05) is 5.32 Å². The molecule has 0 aliphatic carbocycles. The van der Waals surface area contributed by atoms with Crippen LogP contribution >= 0.6 is 38.6 Å². The van der Waals surface area contributed by atoms with Gasteiger partial charge in [-0.05, 0) is 39.5 Å². The van der Waals surface area contributed by atoms with Crippen molar-refractivity contribution in [1.29, 1.82) is 0 Å². The molecule has 3 aromatic rings. The van der Waals surface area contributed by atoms with Crippen molar-refractivity contribution in [3.63, 3.8) is 0 Å². The lowest BCUT2D eigenvalue weighted by atomic mass is 10.4. The largest absolute Gasteiger partial charge is 0.402 e. The number of carbonyl (C=O) groups is 1. The van der Waals surface area contributed by atoms with Crippen LogP contribution in [0.2, 0.25) is 0 Å². The third-order valence-electron chi connectivity index (χ3n) is 2.17. The van der Waals surface area contributed by atoms with E-state index < -0.39 is 0 Å². The van der Waals surface area contributed by atoms with Crippen molar-refractivity contribution in [2.24, 2.45) is 0 Å². The molecule has 0 fully saturated rings. The van der Waals surface area contributed by atoms with Crippen LogP contribution in [0.15, 0.2) is 37.8 Å². The summed E-state index contributed by atoms with van der Waals surface area (Å²) in [6.45, 7) is 0. The van der Waals surface area contributed by atoms with E-state index in [0.29, 0.717) is 10.8 Å². The minimum absolute atomic E-state index is 0.0953. The second-order valence-corrected chi connectivity index (χ2v) is 6.86. The van der Waals surface area contributed by atoms with Gasteiger partial charge in [0.05, 0.1) is 13.5 Å². The molecule has 0 spiro atoms. The number of nitrogens with zero attached hydrogens (tertiary/aromatic N) is 2. The van der Waals surface area contributed by atoms with Gasteiger partial charge in [0.15, 0.2) is 0 Å². The number of halogens is 1. The molecule has 0 aliphatic rings. The van der Waals surface area contributed by atoms with E-state index in [1.165, 1.54) is 22.7 Å². The maximum atomic E-state index is 11.8. The molecule has 0 radical (unpaired) electrons. The Morgan fingerprint density at radius 1 is 1.32 bits per heavy atom. The summed E-state index contributed by atoms with van der Waals surface area (Å²) >= 11 is 6.19. The lowest BCUT2D eigenvalue weighted by Gasteiger charge is -1.95. The van der Waals surface area contributed by atoms with Crippen molar-refractivity contribution < 1.29 is 9.21 Å². The molecule has 0 saturated heterocycles. The van der Waals surface area contributed by atoms with E-state index in [0.717, 1.165) is 8.66 Å². The summed E-state index contributed by atoms with van der Waals surface area (Å²) in [4.78, 5) is 13.2. The Morgan fingerprint density at radius 3 is 2.89 bits per heavy atom. The number of hydrogen-bond donors (Lipinski definition) is 1. The van der Waals surface area contributed by atoms with E-state index in [-0.39, 0.29) is 11.9 Å².